The highest BCUT2D eigenvalue weighted by Gasteiger charge is 2.14. The van der Waals surface area contributed by atoms with E-state index < -0.39 is 0 Å². The van der Waals surface area contributed by atoms with Crippen LogP contribution >= 0.6 is 12.2 Å². The summed E-state index contributed by atoms with van der Waals surface area (Å²) in [6, 6.07) is 14.2. The van der Waals surface area contributed by atoms with E-state index in [0.717, 1.165) is 5.69 Å². The maximum atomic E-state index is 12.5. The summed E-state index contributed by atoms with van der Waals surface area (Å²) in [5.41, 5.74) is 1.79. The van der Waals surface area contributed by atoms with Gasteiger partial charge in [0, 0.05) is 25.3 Å². The molecule has 0 aliphatic carbocycles. The second-order valence-electron chi connectivity index (χ2n) is 6.20. The highest BCUT2D eigenvalue weighted by Crippen LogP contribution is 2.20. The molecule has 0 saturated carbocycles. The molecule has 0 spiro atoms. The minimum atomic E-state index is -0.360. The molecule has 2 amide bonds. The van der Waals surface area contributed by atoms with E-state index in [4.69, 9.17) is 17.0 Å². The number of carbonyl (C=O) groups is 2. The molecule has 0 heterocycles. The van der Waals surface area contributed by atoms with Crippen molar-refractivity contribution in [2.75, 3.05) is 17.3 Å². The van der Waals surface area contributed by atoms with Crippen molar-refractivity contribution >= 4 is 40.5 Å². The van der Waals surface area contributed by atoms with Crippen molar-refractivity contribution in [3.8, 4) is 5.75 Å². The van der Waals surface area contributed by atoms with Crippen LogP contribution in [0.3, 0.4) is 0 Å². The second kappa shape index (κ2) is 9.14. The summed E-state index contributed by atoms with van der Waals surface area (Å²) in [6.07, 6.45) is -0.0509. The molecule has 2 aromatic rings. The van der Waals surface area contributed by atoms with Gasteiger partial charge in [-0.1, -0.05) is 18.2 Å². The summed E-state index contributed by atoms with van der Waals surface area (Å²) >= 11 is 5.24. The number of hydrogen-bond donors (Lipinski definition) is 2. The van der Waals surface area contributed by atoms with Gasteiger partial charge in [-0.15, -0.1) is 0 Å². The number of anilines is 2. The lowest BCUT2D eigenvalue weighted by Crippen LogP contribution is -2.34. The van der Waals surface area contributed by atoms with E-state index in [-0.39, 0.29) is 23.0 Å². The first-order valence-electron chi connectivity index (χ1n) is 8.50. The minimum absolute atomic E-state index is 0.0509. The number of carbonyl (C=O) groups excluding carboxylic acids is 2. The van der Waals surface area contributed by atoms with Crippen LogP contribution in [0.1, 0.15) is 31.1 Å². The lowest BCUT2D eigenvalue weighted by atomic mass is 10.2. The van der Waals surface area contributed by atoms with Gasteiger partial charge in [0.25, 0.3) is 5.91 Å². The highest BCUT2D eigenvalue weighted by atomic mass is 32.1. The van der Waals surface area contributed by atoms with Crippen molar-refractivity contribution in [1.29, 1.82) is 0 Å². The van der Waals surface area contributed by atoms with E-state index in [1.807, 2.05) is 26.0 Å². The fourth-order valence-corrected chi connectivity index (χ4v) is 2.53. The molecule has 0 aliphatic rings. The first-order valence-corrected chi connectivity index (χ1v) is 8.91. The Labute approximate surface area is 164 Å². The summed E-state index contributed by atoms with van der Waals surface area (Å²) in [5, 5.41) is 5.76. The number of amides is 2. The van der Waals surface area contributed by atoms with Gasteiger partial charge in [0.1, 0.15) is 5.75 Å². The summed E-state index contributed by atoms with van der Waals surface area (Å²) in [5.74, 6) is 0.0587. The van der Waals surface area contributed by atoms with Crippen molar-refractivity contribution in [3.05, 3.63) is 54.1 Å². The zero-order chi connectivity index (χ0) is 20.0. The molecule has 0 unspecified atom stereocenters. The molecule has 0 saturated heterocycles. The van der Waals surface area contributed by atoms with Crippen molar-refractivity contribution < 1.29 is 14.3 Å². The average Bonchev–Trinajstić information content (AvgIpc) is 2.60. The van der Waals surface area contributed by atoms with Crippen molar-refractivity contribution in [3.63, 3.8) is 0 Å². The van der Waals surface area contributed by atoms with Gasteiger partial charge in [0.05, 0.1) is 11.7 Å². The van der Waals surface area contributed by atoms with Crippen LogP contribution in [0.4, 0.5) is 11.4 Å². The summed E-state index contributed by atoms with van der Waals surface area (Å²) < 4.78 is 5.67. The molecule has 0 radical (unpaired) electrons. The third kappa shape index (κ3) is 5.79. The number of nitrogens with one attached hydrogen (secondary N) is 2. The Kier molecular flexibility index (Phi) is 6.90. The number of hydrogen-bond acceptors (Lipinski definition) is 4. The number of para-hydroxylation sites is 1. The molecule has 6 nitrogen and oxygen atoms in total. The van der Waals surface area contributed by atoms with E-state index in [0.29, 0.717) is 17.0 Å². The molecular formula is C20H23N3O3S. The summed E-state index contributed by atoms with van der Waals surface area (Å²) in [4.78, 5) is 25.6. The van der Waals surface area contributed by atoms with Crippen LogP contribution in [0, 0.1) is 0 Å². The summed E-state index contributed by atoms with van der Waals surface area (Å²) in [7, 11) is 1.69. The number of thiocarbonyl (C=S) groups is 1. The molecule has 0 bridgehead atoms. The van der Waals surface area contributed by atoms with Gasteiger partial charge in [0.2, 0.25) is 5.91 Å². The molecule has 2 aromatic carbocycles. The molecule has 0 aromatic heterocycles. The third-order valence-electron chi connectivity index (χ3n) is 3.69. The van der Waals surface area contributed by atoms with Gasteiger partial charge in [-0.05, 0) is 56.4 Å². The maximum Gasteiger partial charge on any atom is 0.261 e. The van der Waals surface area contributed by atoms with Gasteiger partial charge in [-0.3, -0.25) is 14.9 Å². The van der Waals surface area contributed by atoms with E-state index in [2.05, 4.69) is 10.6 Å². The van der Waals surface area contributed by atoms with Crippen LogP contribution in [0.25, 0.3) is 0 Å². The van der Waals surface area contributed by atoms with Gasteiger partial charge < -0.3 is 15.0 Å². The van der Waals surface area contributed by atoms with Crippen LogP contribution in [0.2, 0.25) is 0 Å². The van der Waals surface area contributed by atoms with Crippen molar-refractivity contribution in [2.45, 2.75) is 26.9 Å². The van der Waals surface area contributed by atoms with E-state index in [9.17, 15) is 9.59 Å². The molecule has 0 aliphatic heterocycles. The number of rotatable bonds is 5. The topological polar surface area (TPSA) is 70.7 Å². The predicted octanol–water partition coefficient (Wildman–Crippen LogP) is 3.58. The van der Waals surface area contributed by atoms with Gasteiger partial charge >= 0.3 is 0 Å². The Morgan fingerprint density at radius 3 is 2.48 bits per heavy atom. The quantitative estimate of drug-likeness (QED) is 0.770. The van der Waals surface area contributed by atoms with Crippen molar-refractivity contribution in [1.82, 2.24) is 5.32 Å². The van der Waals surface area contributed by atoms with E-state index >= 15 is 0 Å². The fraction of sp³-hybridized carbons (Fsp3) is 0.250. The fourth-order valence-electron chi connectivity index (χ4n) is 2.32. The average molecular weight is 385 g/mol. The van der Waals surface area contributed by atoms with Crippen LogP contribution in [-0.4, -0.2) is 30.1 Å². The largest absolute Gasteiger partial charge is 0.490 e. The molecule has 0 fully saturated rings. The zero-order valence-corrected chi connectivity index (χ0v) is 16.6. The SMILES string of the molecule is CC(=O)N(C)c1cccc(NC(=S)NC(=O)c2ccccc2OC(C)C)c1. The number of nitrogens with zero attached hydrogens (tertiary/aromatic N) is 1. The molecule has 2 N–H and O–H groups in total. The lowest BCUT2D eigenvalue weighted by Gasteiger charge is -2.17. The van der Waals surface area contributed by atoms with Crippen molar-refractivity contribution in [2.24, 2.45) is 0 Å². The summed E-state index contributed by atoms with van der Waals surface area (Å²) in [6.45, 7) is 5.28. The van der Waals surface area contributed by atoms with Crippen LogP contribution in [0.5, 0.6) is 5.75 Å². The van der Waals surface area contributed by atoms with Crippen LogP contribution < -0.4 is 20.3 Å². The Bertz CT molecular complexity index is 852. The monoisotopic (exact) mass is 385 g/mol. The standard InChI is InChI=1S/C20H23N3O3S/c1-13(2)26-18-11-6-5-10-17(18)19(25)22-20(27)21-15-8-7-9-16(12-15)23(4)14(3)24/h5-13H,1-4H3,(H2,21,22,25,27). The second-order valence-corrected chi connectivity index (χ2v) is 6.61. The van der Waals surface area contributed by atoms with E-state index in [1.165, 1.54) is 11.8 Å². The smallest absolute Gasteiger partial charge is 0.261 e. The first kappa shape index (κ1) is 20.4. The van der Waals surface area contributed by atoms with E-state index in [1.54, 1.807) is 43.4 Å². The van der Waals surface area contributed by atoms with Crippen LogP contribution in [0.15, 0.2) is 48.5 Å². The zero-order valence-electron chi connectivity index (χ0n) is 15.8. The normalized spacial score (nSPS) is 10.3. The van der Waals surface area contributed by atoms with Crippen LogP contribution in [-0.2, 0) is 4.79 Å². The van der Waals surface area contributed by atoms with Gasteiger partial charge in [-0.2, -0.15) is 0 Å². The molecule has 142 valence electrons. The Morgan fingerprint density at radius 2 is 1.81 bits per heavy atom. The Hall–Kier alpha value is -2.93. The molecule has 2 rings (SSSR count). The minimum Gasteiger partial charge on any atom is -0.490 e. The van der Waals surface area contributed by atoms with Gasteiger partial charge in [0.15, 0.2) is 5.11 Å². The Morgan fingerprint density at radius 1 is 1.11 bits per heavy atom. The molecular weight excluding hydrogens is 362 g/mol. The molecule has 0 atom stereocenters. The number of benzene rings is 2. The molecule has 27 heavy (non-hydrogen) atoms. The maximum absolute atomic E-state index is 12.5. The first-order chi connectivity index (χ1) is 12.8. The van der Waals surface area contributed by atoms with Gasteiger partial charge in [-0.25, -0.2) is 0 Å². The number of ether oxygens (including phenoxy) is 1. The Balaban J connectivity index is 2.07. The predicted molar refractivity (Wildman–Crippen MR) is 111 cm³/mol. The third-order valence-corrected chi connectivity index (χ3v) is 3.89. The highest BCUT2D eigenvalue weighted by molar-refractivity contribution is 7.80. The lowest BCUT2D eigenvalue weighted by molar-refractivity contribution is -0.116. The molecule has 7 heteroatoms.